The van der Waals surface area contributed by atoms with Crippen LogP contribution in [0.15, 0.2) is 47.2 Å². The van der Waals surface area contributed by atoms with Crippen LogP contribution in [0.25, 0.3) is 22.0 Å². The van der Waals surface area contributed by atoms with E-state index in [4.69, 9.17) is 16.1 Å². The standard InChI is InChI=1S/C34H32ClFN8O4/c1-17-8-22(23-14-37-19(3)38-15-23)9-24-31(18(2)45)41-43(32(17)24)16-29(46)44-26(33(47)39-13-21-6-5-7-25(35)30(21)36)10-34(11-27(34)44)12-28-40-20(4)42-48-28/h5-9,14-15,26-27H,10-13,16H2,1-4H3,(H,39,47)/t26-,27+,34-/m0/s1. The number of piperidine rings is 1. The number of amides is 2. The minimum atomic E-state index is -0.828. The first kappa shape index (κ1) is 31.6. The summed E-state index contributed by atoms with van der Waals surface area (Å²) in [6, 6.07) is 7.32. The summed E-state index contributed by atoms with van der Waals surface area (Å²) in [6.45, 7) is 6.58. The van der Waals surface area contributed by atoms with Gasteiger partial charge in [-0.3, -0.25) is 19.1 Å². The molecule has 1 aliphatic heterocycles. The van der Waals surface area contributed by atoms with Gasteiger partial charge in [-0.05, 0) is 62.9 Å². The van der Waals surface area contributed by atoms with Crippen molar-refractivity contribution in [1.82, 2.24) is 40.1 Å². The van der Waals surface area contributed by atoms with E-state index in [1.807, 2.05) is 19.1 Å². The number of carbonyl (C=O) groups excluding carboxylic acids is 3. The van der Waals surface area contributed by atoms with Crippen molar-refractivity contribution in [3.05, 3.63) is 87.9 Å². The van der Waals surface area contributed by atoms with Crippen molar-refractivity contribution >= 4 is 40.1 Å². The Balaban J connectivity index is 1.20. The van der Waals surface area contributed by atoms with Crippen molar-refractivity contribution in [3.63, 3.8) is 0 Å². The monoisotopic (exact) mass is 670 g/mol. The number of Topliss-reactive ketones (excluding diaryl/α,β-unsaturated/α-hetero) is 1. The molecule has 48 heavy (non-hydrogen) atoms. The number of hydrogen-bond acceptors (Lipinski definition) is 9. The van der Waals surface area contributed by atoms with E-state index in [0.29, 0.717) is 47.7 Å². The van der Waals surface area contributed by atoms with E-state index < -0.39 is 23.2 Å². The first-order valence-electron chi connectivity index (χ1n) is 15.6. The highest BCUT2D eigenvalue weighted by Gasteiger charge is 2.67. The van der Waals surface area contributed by atoms with Crippen molar-refractivity contribution in [2.75, 3.05) is 0 Å². The van der Waals surface area contributed by atoms with Gasteiger partial charge < -0.3 is 14.7 Å². The number of benzene rings is 2. The minimum Gasteiger partial charge on any atom is -0.350 e. The smallest absolute Gasteiger partial charge is 0.245 e. The third-order valence-electron chi connectivity index (χ3n) is 9.33. The molecule has 0 radical (unpaired) electrons. The number of rotatable bonds is 9. The van der Waals surface area contributed by atoms with Crippen LogP contribution in [0.4, 0.5) is 4.39 Å². The molecular formula is C34H32ClFN8O4. The molecule has 0 unspecified atom stereocenters. The molecule has 4 heterocycles. The summed E-state index contributed by atoms with van der Waals surface area (Å²) in [5.41, 5.74) is 3.11. The van der Waals surface area contributed by atoms with Gasteiger partial charge in [-0.15, -0.1) is 0 Å². The van der Waals surface area contributed by atoms with Crippen LogP contribution < -0.4 is 5.32 Å². The van der Waals surface area contributed by atoms with E-state index in [1.165, 1.54) is 13.0 Å². The van der Waals surface area contributed by atoms with Crippen molar-refractivity contribution in [3.8, 4) is 11.1 Å². The predicted octanol–water partition coefficient (Wildman–Crippen LogP) is 4.72. The zero-order valence-electron chi connectivity index (χ0n) is 26.8. The fourth-order valence-corrected chi connectivity index (χ4v) is 7.18. The lowest BCUT2D eigenvalue weighted by Crippen LogP contribution is -2.48. The lowest BCUT2D eigenvalue weighted by atomic mass is 9.95. The number of carbonyl (C=O) groups is 3. The van der Waals surface area contributed by atoms with Crippen LogP contribution in [0.1, 0.15) is 58.9 Å². The summed E-state index contributed by atoms with van der Waals surface area (Å²) >= 11 is 5.94. The molecule has 1 aliphatic carbocycles. The second-order valence-electron chi connectivity index (χ2n) is 12.7. The number of halogens is 2. The van der Waals surface area contributed by atoms with Gasteiger partial charge >= 0.3 is 0 Å². The number of aromatic nitrogens is 6. The third kappa shape index (κ3) is 5.61. The zero-order valence-corrected chi connectivity index (χ0v) is 27.5. The van der Waals surface area contributed by atoms with Gasteiger partial charge in [-0.2, -0.15) is 10.1 Å². The molecule has 14 heteroatoms. The number of nitrogens with zero attached hydrogens (tertiary/aromatic N) is 7. The van der Waals surface area contributed by atoms with Gasteiger partial charge in [0.25, 0.3) is 0 Å². The van der Waals surface area contributed by atoms with Crippen LogP contribution in [0.3, 0.4) is 0 Å². The van der Waals surface area contributed by atoms with Gasteiger partial charge in [-0.1, -0.05) is 28.9 Å². The maximum Gasteiger partial charge on any atom is 0.245 e. The lowest BCUT2D eigenvalue weighted by Gasteiger charge is -2.27. The number of ketones is 1. The quantitative estimate of drug-likeness (QED) is 0.220. The highest BCUT2D eigenvalue weighted by Crippen LogP contribution is 2.61. The van der Waals surface area contributed by atoms with Crippen molar-refractivity contribution < 1.29 is 23.3 Å². The summed E-state index contributed by atoms with van der Waals surface area (Å²) in [6.07, 6.45) is 4.89. The fourth-order valence-electron chi connectivity index (χ4n) is 6.99. The SMILES string of the molecule is CC(=O)c1nn(CC(=O)N2[C@H](C(=O)NCc3cccc(Cl)c3F)C[C@@]3(Cc4nc(C)no4)C[C@@H]23)c2c(C)cc(-c3cnc(C)nc3)cc12. The summed E-state index contributed by atoms with van der Waals surface area (Å²) < 4.78 is 21.5. The van der Waals surface area contributed by atoms with Crippen LogP contribution in [0.5, 0.6) is 0 Å². The van der Waals surface area contributed by atoms with Crippen molar-refractivity contribution in [2.24, 2.45) is 5.41 Å². The van der Waals surface area contributed by atoms with E-state index in [1.54, 1.807) is 48.0 Å². The van der Waals surface area contributed by atoms with Gasteiger partial charge in [0.1, 0.15) is 29.9 Å². The number of hydrogen-bond donors (Lipinski definition) is 1. The summed E-state index contributed by atoms with van der Waals surface area (Å²) in [5, 5.41) is 11.9. The topological polar surface area (TPSA) is 149 Å². The Morgan fingerprint density at radius 3 is 2.56 bits per heavy atom. The van der Waals surface area contributed by atoms with Crippen LogP contribution in [-0.2, 0) is 29.1 Å². The Bertz CT molecular complexity index is 2110. The van der Waals surface area contributed by atoms with Gasteiger partial charge in [0.05, 0.1) is 10.5 Å². The van der Waals surface area contributed by atoms with Gasteiger partial charge in [0.2, 0.25) is 17.7 Å². The fraction of sp³-hybridized carbons (Fsp3) is 0.353. The number of fused-ring (bicyclic) bond motifs is 2. The van der Waals surface area contributed by atoms with Crippen molar-refractivity contribution in [1.29, 1.82) is 0 Å². The Kier molecular flexibility index (Phi) is 7.81. The summed E-state index contributed by atoms with van der Waals surface area (Å²) in [7, 11) is 0. The molecule has 2 aliphatic rings. The first-order chi connectivity index (χ1) is 22.9. The second kappa shape index (κ2) is 11.9. The van der Waals surface area contributed by atoms with E-state index >= 15 is 0 Å². The molecule has 3 aromatic heterocycles. The van der Waals surface area contributed by atoms with Gasteiger partial charge in [-0.25, -0.2) is 14.4 Å². The average molecular weight is 671 g/mol. The summed E-state index contributed by atoms with van der Waals surface area (Å²) in [5.74, 6) is -0.000761. The normalized spacial score (nSPS) is 19.8. The Morgan fingerprint density at radius 2 is 1.85 bits per heavy atom. The van der Waals surface area contributed by atoms with E-state index in [0.717, 1.165) is 16.7 Å². The predicted molar refractivity (Wildman–Crippen MR) is 172 cm³/mol. The molecule has 2 fully saturated rings. The molecule has 3 atom stereocenters. The van der Waals surface area contributed by atoms with E-state index in [2.05, 4.69) is 30.5 Å². The zero-order chi connectivity index (χ0) is 33.9. The highest BCUT2D eigenvalue weighted by molar-refractivity contribution is 6.30. The van der Waals surface area contributed by atoms with E-state index in [-0.39, 0.29) is 47.1 Å². The third-order valence-corrected chi connectivity index (χ3v) is 9.63. The molecule has 2 amide bonds. The molecule has 7 rings (SSSR count). The molecule has 0 bridgehead atoms. The van der Waals surface area contributed by atoms with Crippen LogP contribution in [0.2, 0.25) is 5.02 Å². The number of likely N-dealkylation sites (tertiary alicyclic amines) is 1. The van der Waals surface area contributed by atoms with Crippen LogP contribution >= 0.6 is 11.6 Å². The van der Waals surface area contributed by atoms with Crippen LogP contribution in [0, 0.1) is 32.0 Å². The molecule has 0 spiro atoms. The molecule has 12 nitrogen and oxygen atoms in total. The highest BCUT2D eigenvalue weighted by atomic mass is 35.5. The molecule has 246 valence electrons. The van der Waals surface area contributed by atoms with Gasteiger partial charge in [0, 0.05) is 60.3 Å². The molecule has 1 saturated carbocycles. The Morgan fingerprint density at radius 1 is 1.08 bits per heavy atom. The Labute approximate surface area is 279 Å². The molecule has 1 N–H and O–H groups in total. The second-order valence-corrected chi connectivity index (χ2v) is 13.1. The maximum absolute atomic E-state index is 14.6. The van der Waals surface area contributed by atoms with Crippen molar-refractivity contribution in [2.45, 2.75) is 72.1 Å². The van der Waals surface area contributed by atoms with Crippen LogP contribution in [-0.4, -0.2) is 64.5 Å². The number of aryl methyl sites for hydroxylation is 3. The Hall–Kier alpha value is -5.04. The molecule has 1 saturated heterocycles. The van der Waals surface area contributed by atoms with E-state index in [9.17, 15) is 18.8 Å². The molecule has 5 aromatic rings. The number of nitrogens with one attached hydrogen (secondary N) is 1. The minimum absolute atomic E-state index is 0.0412. The molecular weight excluding hydrogens is 639 g/mol. The van der Waals surface area contributed by atoms with Gasteiger partial charge in [0.15, 0.2) is 11.6 Å². The molecule has 2 aromatic carbocycles. The lowest BCUT2D eigenvalue weighted by molar-refractivity contribution is -0.140. The average Bonchev–Trinajstić information content (AvgIpc) is 3.30. The maximum atomic E-state index is 14.6. The summed E-state index contributed by atoms with van der Waals surface area (Å²) in [4.78, 5) is 55.3. The largest absolute Gasteiger partial charge is 0.350 e. The first-order valence-corrected chi connectivity index (χ1v) is 15.9.